The standard InChI is InChI=1S/C14H21N3O4S/c1-2-11-22(20,21)16-9-7-12(8-10-16)15-13-5-3-4-6-14(13)17(18)19/h3-6,12,15H,2,7-11H2,1H3. The first-order chi connectivity index (χ1) is 10.4. The molecule has 0 bridgehead atoms. The highest BCUT2D eigenvalue weighted by atomic mass is 32.2. The molecule has 0 unspecified atom stereocenters. The minimum Gasteiger partial charge on any atom is -0.377 e. The summed E-state index contributed by atoms with van der Waals surface area (Å²) < 4.78 is 25.5. The molecule has 0 amide bonds. The van der Waals surface area contributed by atoms with Crippen molar-refractivity contribution in [3.8, 4) is 0 Å². The summed E-state index contributed by atoms with van der Waals surface area (Å²) in [7, 11) is -3.15. The maximum atomic E-state index is 12.0. The van der Waals surface area contributed by atoms with E-state index in [0.29, 0.717) is 38.0 Å². The Bertz CT molecular complexity index is 625. The summed E-state index contributed by atoms with van der Waals surface area (Å²) >= 11 is 0. The van der Waals surface area contributed by atoms with Gasteiger partial charge in [-0.2, -0.15) is 0 Å². The maximum Gasteiger partial charge on any atom is 0.292 e. The molecule has 0 spiro atoms. The minimum atomic E-state index is -3.15. The Morgan fingerprint density at radius 3 is 2.55 bits per heavy atom. The Hall–Kier alpha value is -1.67. The number of nitrogens with zero attached hydrogens (tertiary/aromatic N) is 2. The molecule has 0 aromatic heterocycles. The Labute approximate surface area is 130 Å². The Morgan fingerprint density at radius 1 is 1.32 bits per heavy atom. The molecule has 1 saturated heterocycles. The molecule has 1 aliphatic heterocycles. The number of para-hydroxylation sites is 2. The van der Waals surface area contributed by atoms with E-state index in [0.717, 1.165) is 0 Å². The van der Waals surface area contributed by atoms with E-state index in [-0.39, 0.29) is 17.5 Å². The number of sulfonamides is 1. The first-order valence-electron chi connectivity index (χ1n) is 7.42. The largest absolute Gasteiger partial charge is 0.377 e. The molecule has 1 aliphatic rings. The van der Waals surface area contributed by atoms with E-state index in [1.54, 1.807) is 18.2 Å². The molecule has 122 valence electrons. The van der Waals surface area contributed by atoms with Gasteiger partial charge in [0.25, 0.3) is 5.69 Å². The molecule has 0 aliphatic carbocycles. The average Bonchev–Trinajstić information content (AvgIpc) is 2.48. The van der Waals surface area contributed by atoms with Crippen LogP contribution >= 0.6 is 0 Å². The lowest BCUT2D eigenvalue weighted by Gasteiger charge is -2.32. The van der Waals surface area contributed by atoms with E-state index in [1.807, 2.05) is 6.92 Å². The van der Waals surface area contributed by atoms with Crippen LogP contribution in [0.3, 0.4) is 0 Å². The molecule has 0 radical (unpaired) electrons. The molecule has 1 aromatic rings. The van der Waals surface area contributed by atoms with Crippen LogP contribution in [0.5, 0.6) is 0 Å². The van der Waals surface area contributed by atoms with Gasteiger partial charge >= 0.3 is 0 Å². The van der Waals surface area contributed by atoms with Gasteiger partial charge in [0.05, 0.1) is 10.7 Å². The predicted octanol–water partition coefficient (Wildman–Crippen LogP) is 2.21. The van der Waals surface area contributed by atoms with Gasteiger partial charge in [0, 0.05) is 25.2 Å². The lowest BCUT2D eigenvalue weighted by molar-refractivity contribution is -0.384. The van der Waals surface area contributed by atoms with Crippen molar-refractivity contribution in [2.75, 3.05) is 24.2 Å². The second-order valence-electron chi connectivity index (χ2n) is 5.41. The molecule has 8 heteroatoms. The number of nitrogens with one attached hydrogen (secondary N) is 1. The molecule has 0 saturated carbocycles. The summed E-state index contributed by atoms with van der Waals surface area (Å²) in [6.45, 7) is 2.77. The third-order valence-electron chi connectivity index (χ3n) is 3.77. The highest BCUT2D eigenvalue weighted by Gasteiger charge is 2.28. The zero-order chi connectivity index (χ0) is 16.2. The molecule has 22 heavy (non-hydrogen) atoms. The van der Waals surface area contributed by atoms with Gasteiger partial charge in [-0.05, 0) is 25.3 Å². The van der Waals surface area contributed by atoms with Crippen LogP contribution < -0.4 is 5.32 Å². The van der Waals surface area contributed by atoms with E-state index in [1.165, 1.54) is 10.4 Å². The van der Waals surface area contributed by atoms with Crippen molar-refractivity contribution in [3.63, 3.8) is 0 Å². The molecule has 1 N–H and O–H groups in total. The van der Waals surface area contributed by atoms with Gasteiger partial charge in [0.1, 0.15) is 5.69 Å². The monoisotopic (exact) mass is 327 g/mol. The lowest BCUT2D eigenvalue weighted by atomic mass is 10.1. The smallest absolute Gasteiger partial charge is 0.292 e. The summed E-state index contributed by atoms with van der Waals surface area (Å²) in [5, 5.41) is 14.2. The normalized spacial score (nSPS) is 17.3. The number of piperidine rings is 1. The summed E-state index contributed by atoms with van der Waals surface area (Å²) in [6, 6.07) is 6.56. The Morgan fingerprint density at radius 2 is 1.95 bits per heavy atom. The van der Waals surface area contributed by atoms with Gasteiger partial charge in [-0.3, -0.25) is 10.1 Å². The zero-order valence-corrected chi connectivity index (χ0v) is 13.4. The van der Waals surface area contributed by atoms with E-state index >= 15 is 0 Å². The minimum absolute atomic E-state index is 0.0449. The average molecular weight is 327 g/mol. The third kappa shape index (κ3) is 3.95. The molecule has 7 nitrogen and oxygen atoms in total. The number of anilines is 1. The van der Waals surface area contributed by atoms with Crippen LogP contribution in [0.25, 0.3) is 0 Å². The molecular weight excluding hydrogens is 306 g/mol. The third-order valence-corrected chi connectivity index (χ3v) is 5.85. The van der Waals surface area contributed by atoms with Gasteiger partial charge in [-0.15, -0.1) is 0 Å². The van der Waals surface area contributed by atoms with Crippen LogP contribution in [0, 0.1) is 10.1 Å². The van der Waals surface area contributed by atoms with Crippen molar-refractivity contribution in [1.29, 1.82) is 0 Å². The van der Waals surface area contributed by atoms with Crippen LogP contribution in [-0.4, -0.2) is 42.5 Å². The van der Waals surface area contributed by atoms with Crippen molar-refractivity contribution in [1.82, 2.24) is 4.31 Å². The second-order valence-corrected chi connectivity index (χ2v) is 7.50. The Kier molecular flexibility index (Phi) is 5.36. The van der Waals surface area contributed by atoms with Gasteiger partial charge in [0.2, 0.25) is 10.0 Å². The molecule has 2 rings (SSSR count). The van der Waals surface area contributed by atoms with Gasteiger partial charge in [0.15, 0.2) is 0 Å². The predicted molar refractivity (Wildman–Crippen MR) is 85.4 cm³/mol. The van der Waals surface area contributed by atoms with Crippen LogP contribution in [0.4, 0.5) is 11.4 Å². The van der Waals surface area contributed by atoms with Crippen LogP contribution in [0.2, 0.25) is 0 Å². The quantitative estimate of drug-likeness (QED) is 0.639. The van der Waals surface area contributed by atoms with Crippen molar-refractivity contribution in [3.05, 3.63) is 34.4 Å². The summed E-state index contributed by atoms with van der Waals surface area (Å²) in [5.41, 5.74) is 0.533. The molecule has 1 heterocycles. The molecule has 1 fully saturated rings. The van der Waals surface area contributed by atoms with Crippen LogP contribution in [0.1, 0.15) is 26.2 Å². The van der Waals surface area contributed by atoms with Gasteiger partial charge < -0.3 is 5.32 Å². The van der Waals surface area contributed by atoms with Crippen molar-refractivity contribution >= 4 is 21.4 Å². The topological polar surface area (TPSA) is 92.6 Å². The number of rotatable bonds is 6. The fourth-order valence-corrected chi connectivity index (χ4v) is 4.18. The number of hydrogen-bond acceptors (Lipinski definition) is 5. The zero-order valence-electron chi connectivity index (χ0n) is 12.6. The number of benzene rings is 1. The summed E-state index contributed by atoms with van der Waals surface area (Å²) in [6.07, 6.45) is 1.90. The highest BCUT2D eigenvalue weighted by molar-refractivity contribution is 7.89. The van der Waals surface area contributed by atoms with Crippen molar-refractivity contribution in [2.45, 2.75) is 32.2 Å². The van der Waals surface area contributed by atoms with E-state index in [4.69, 9.17) is 0 Å². The summed E-state index contributed by atoms with van der Waals surface area (Å²) in [4.78, 5) is 10.6. The summed E-state index contributed by atoms with van der Waals surface area (Å²) in [5.74, 6) is 0.176. The van der Waals surface area contributed by atoms with E-state index in [9.17, 15) is 18.5 Å². The first-order valence-corrected chi connectivity index (χ1v) is 9.02. The fourth-order valence-electron chi connectivity index (χ4n) is 2.64. The first kappa shape index (κ1) is 16.7. The second kappa shape index (κ2) is 7.06. The van der Waals surface area contributed by atoms with Crippen molar-refractivity contribution in [2.24, 2.45) is 0 Å². The number of nitro groups is 1. The lowest BCUT2D eigenvalue weighted by Crippen LogP contribution is -2.43. The number of hydrogen-bond donors (Lipinski definition) is 1. The van der Waals surface area contributed by atoms with Crippen LogP contribution in [0.15, 0.2) is 24.3 Å². The van der Waals surface area contributed by atoms with Gasteiger partial charge in [-0.1, -0.05) is 19.1 Å². The van der Waals surface area contributed by atoms with Crippen LogP contribution in [-0.2, 0) is 10.0 Å². The molecular formula is C14H21N3O4S. The van der Waals surface area contributed by atoms with E-state index < -0.39 is 14.9 Å². The maximum absolute atomic E-state index is 12.0. The SMILES string of the molecule is CCCS(=O)(=O)N1CCC(Nc2ccccc2[N+](=O)[O-])CC1. The fraction of sp³-hybridized carbons (Fsp3) is 0.571. The number of nitro benzene ring substituents is 1. The van der Waals surface area contributed by atoms with E-state index in [2.05, 4.69) is 5.32 Å². The van der Waals surface area contributed by atoms with Gasteiger partial charge in [-0.25, -0.2) is 12.7 Å². The van der Waals surface area contributed by atoms with Crippen molar-refractivity contribution < 1.29 is 13.3 Å². The highest BCUT2D eigenvalue weighted by Crippen LogP contribution is 2.26. The molecule has 0 atom stereocenters. The molecule has 1 aromatic carbocycles. The Balaban J connectivity index is 1.98.